The highest BCUT2D eigenvalue weighted by Crippen LogP contribution is 2.44. The molecule has 0 spiro atoms. The zero-order valence-corrected chi connectivity index (χ0v) is 33.9. The van der Waals surface area contributed by atoms with E-state index in [9.17, 15) is 19.8 Å². The summed E-state index contributed by atoms with van der Waals surface area (Å²) < 4.78 is 42.8. The standard InChI is InChI=1S/C39H61ClN5O8P/c1-4-5-6-7-8-9-10-11-12-13-14-15-16-17-20-50-27-35(51-26-32-21-31(25-41)22-33(40)23-32)28-52-54(47,48)53-29-39(2,49-3)37(46)24-34-18-19-36-38(42)43-30-44-45(34)36/h18-19,21-23,30,35,37,46H,4-17,20,24,26-29H2,1-3H3,(H,47,48)(H2,42,43,44)/t35-,37-,39+/m0/s1. The average molecular weight is 794 g/mol. The number of halogens is 1. The Morgan fingerprint density at radius 1 is 0.981 bits per heavy atom. The van der Waals surface area contributed by atoms with Crippen molar-refractivity contribution in [3.8, 4) is 6.07 Å². The number of phosphoric acid groups is 1. The smallest absolute Gasteiger partial charge is 0.390 e. The number of ether oxygens (including phenoxy) is 3. The van der Waals surface area contributed by atoms with Gasteiger partial charge in [-0.05, 0) is 49.2 Å². The van der Waals surface area contributed by atoms with E-state index in [0.717, 1.165) is 19.3 Å². The number of hydrogen-bond acceptors (Lipinski definition) is 11. The van der Waals surface area contributed by atoms with Crippen LogP contribution in [0.3, 0.4) is 0 Å². The van der Waals surface area contributed by atoms with Crippen LogP contribution in [0.5, 0.6) is 0 Å². The highest BCUT2D eigenvalue weighted by molar-refractivity contribution is 7.47. The van der Waals surface area contributed by atoms with Gasteiger partial charge in [-0.1, -0.05) is 102 Å². The SMILES string of the molecule is CCCCCCCCCCCCCCCCOC[C@@H](COP(=O)(O)OC[C@@](C)(OC)[C@@H](O)Cc1ccc2c(N)ncnn12)OCc1cc(Cl)cc(C#N)c1. The Hall–Kier alpha value is -2.63. The van der Waals surface area contributed by atoms with E-state index in [2.05, 4.69) is 23.1 Å². The van der Waals surface area contributed by atoms with Gasteiger partial charge in [-0.2, -0.15) is 10.4 Å². The minimum Gasteiger partial charge on any atom is -0.390 e. The number of nitrogen functional groups attached to an aromatic ring is 1. The highest BCUT2D eigenvalue weighted by Gasteiger charge is 2.38. The van der Waals surface area contributed by atoms with Crippen LogP contribution in [0.2, 0.25) is 5.02 Å². The van der Waals surface area contributed by atoms with E-state index in [-0.39, 0.29) is 26.2 Å². The van der Waals surface area contributed by atoms with Crippen molar-refractivity contribution < 1.29 is 37.8 Å². The van der Waals surface area contributed by atoms with Crippen LogP contribution in [0.4, 0.5) is 5.82 Å². The maximum atomic E-state index is 13.0. The zero-order chi connectivity index (χ0) is 39.2. The summed E-state index contributed by atoms with van der Waals surface area (Å²) in [5.74, 6) is 0.295. The number of hydrogen-bond donors (Lipinski definition) is 3. The number of rotatable bonds is 30. The Kier molecular flexibility index (Phi) is 21.0. The lowest BCUT2D eigenvalue weighted by atomic mass is 9.96. The van der Waals surface area contributed by atoms with Crippen molar-refractivity contribution in [2.24, 2.45) is 0 Å². The first-order valence-electron chi connectivity index (χ1n) is 19.3. The molecule has 0 saturated heterocycles. The van der Waals surface area contributed by atoms with Crippen LogP contribution < -0.4 is 5.73 Å². The minimum atomic E-state index is -4.64. The van der Waals surface area contributed by atoms with E-state index < -0.39 is 32.2 Å². The van der Waals surface area contributed by atoms with Gasteiger partial charge in [0.1, 0.15) is 23.5 Å². The second-order valence-electron chi connectivity index (χ2n) is 14.1. The monoisotopic (exact) mass is 793 g/mol. The van der Waals surface area contributed by atoms with Gasteiger partial charge in [-0.3, -0.25) is 9.05 Å². The third-order valence-electron chi connectivity index (χ3n) is 9.59. The van der Waals surface area contributed by atoms with E-state index in [0.29, 0.717) is 39.8 Å². The van der Waals surface area contributed by atoms with Gasteiger partial charge in [0.05, 0.1) is 44.2 Å². The predicted molar refractivity (Wildman–Crippen MR) is 210 cm³/mol. The summed E-state index contributed by atoms with van der Waals surface area (Å²) >= 11 is 6.17. The summed E-state index contributed by atoms with van der Waals surface area (Å²) in [7, 11) is -3.26. The lowest BCUT2D eigenvalue weighted by Crippen LogP contribution is -2.46. The number of benzene rings is 1. The van der Waals surface area contributed by atoms with Gasteiger partial charge in [-0.15, -0.1) is 0 Å². The van der Waals surface area contributed by atoms with Crippen molar-refractivity contribution in [1.29, 1.82) is 5.26 Å². The van der Waals surface area contributed by atoms with Gasteiger partial charge in [0.2, 0.25) is 0 Å². The summed E-state index contributed by atoms with van der Waals surface area (Å²) in [5, 5.41) is 25.0. The largest absolute Gasteiger partial charge is 0.472 e. The summed E-state index contributed by atoms with van der Waals surface area (Å²) in [6.07, 6.45) is 17.2. The van der Waals surface area contributed by atoms with E-state index in [1.165, 1.54) is 84.1 Å². The number of unbranched alkanes of at least 4 members (excludes halogenated alkanes) is 13. The molecule has 0 aliphatic heterocycles. The normalized spacial score (nSPS) is 15.1. The molecule has 0 radical (unpaired) electrons. The number of aliphatic hydroxyl groups excluding tert-OH is 1. The number of nitrogens with two attached hydrogens (primary N) is 1. The molecule has 0 amide bonds. The first kappa shape index (κ1) is 45.8. The first-order valence-corrected chi connectivity index (χ1v) is 21.2. The molecule has 0 aliphatic rings. The lowest BCUT2D eigenvalue weighted by molar-refractivity contribution is -0.116. The van der Waals surface area contributed by atoms with Gasteiger partial charge < -0.3 is 29.9 Å². The summed E-state index contributed by atoms with van der Waals surface area (Å²) in [5.41, 5.74) is 6.81. The second-order valence-corrected chi connectivity index (χ2v) is 16.0. The van der Waals surface area contributed by atoms with E-state index in [1.807, 2.05) is 0 Å². The molecule has 4 N–H and O–H groups in total. The summed E-state index contributed by atoms with van der Waals surface area (Å²) in [4.78, 5) is 14.6. The molecule has 4 atom stereocenters. The number of aromatic nitrogens is 3. The first-order chi connectivity index (χ1) is 26.0. The number of nitriles is 1. The third-order valence-corrected chi connectivity index (χ3v) is 10.7. The summed E-state index contributed by atoms with van der Waals surface area (Å²) in [6, 6.07) is 10.5. The van der Waals surface area contributed by atoms with Gasteiger partial charge in [-0.25, -0.2) is 14.1 Å². The van der Waals surface area contributed by atoms with Gasteiger partial charge in [0.15, 0.2) is 5.82 Å². The van der Waals surface area contributed by atoms with E-state index in [4.69, 9.17) is 40.6 Å². The van der Waals surface area contributed by atoms with Crippen LogP contribution in [0.15, 0.2) is 36.7 Å². The number of nitrogens with zero attached hydrogens (tertiary/aromatic N) is 4. The van der Waals surface area contributed by atoms with Crippen LogP contribution >= 0.6 is 19.4 Å². The molecule has 0 aliphatic carbocycles. The molecule has 13 nitrogen and oxygen atoms in total. The number of methoxy groups -OCH3 is 1. The Morgan fingerprint density at radius 2 is 1.63 bits per heavy atom. The highest BCUT2D eigenvalue weighted by atomic mass is 35.5. The van der Waals surface area contributed by atoms with Crippen molar-refractivity contribution in [3.63, 3.8) is 0 Å². The van der Waals surface area contributed by atoms with Crippen molar-refractivity contribution in [1.82, 2.24) is 14.6 Å². The molecule has 3 rings (SSSR count). The van der Waals surface area contributed by atoms with Gasteiger partial charge in [0, 0.05) is 30.9 Å². The molecule has 15 heteroatoms. The molecule has 3 aromatic rings. The number of fused-ring (bicyclic) bond motifs is 1. The van der Waals surface area contributed by atoms with Crippen molar-refractivity contribution >= 4 is 30.8 Å². The third kappa shape index (κ3) is 16.6. The maximum absolute atomic E-state index is 13.0. The van der Waals surface area contributed by atoms with Crippen molar-refractivity contribution in [3.05, 3.63) is 58.5 Å². The molecule has 2 aromatic heterocycles. The molecule has 54 heavy (non-hydrogen) atoms. The number of phosphoric ester groups is 1. The number of aliphatic hydroxyl groups is 1. The Morgan fingerprint density at radius 3 is 2.26 bits per heavy atom. The van der Waals surface area contributed by atoms with E-state index in [1.54, 1.807) is 41.8 Å². The fraction of sp³-hybridized carbons (Fsp3) is 0.667. The molecular weight excluding hydrogens is 733 g/mol. The Labute approximate surface area is 326 Å². The maximum Gasteiger partial charge on any atom is 0.472 e. The zero-order valence-electron chi connectivity index (χ0n) is 32.3. The molecule has 0 fully saturated rings. The van der Waals surface area contributed by atoms with Gasteiger partial charge >= 0.3 is 7.82 Å². The average Bonchev–Trinajstić information content (AvgIpc) is 3.57. The molecule has 2 heterocycles. The Bertz CT molecular complexity index is 1610. The number of anilines is 1. The fourth-order valence-corrected chi connectivity index (χ4v) is 7.17. The predicted octanol–water partition coefficient (Wildman–Crippen LogP) is 8.36. The molecule has 1 unspecified atom stereocenters. The van der Waals surface area contributed by atoms with Crippen LogP contribution in [-0.2, 0) is 40.9 Å². The Balaban J connectivity index is 1.44. The minimum absolute atomic E-state index is 0.0704. The molecule has 0 bridgehead atoms. The molecule has 0 saturated carbocycles. The van der Waals surface area contributed by atoms with Gasteiger partial charge in [0.25, 0.3) is 0 Å². The van der Waals surface area contributed by atoms with Crippen LogP contribution in [0, 0.1) is 11.3 Å². The molecule has 1 aromatic carbocycles. The molecule has 302 valence electrons. The topological polar surface area (TPSA) is 184 Å². The van der Waals surface area contributed by atoms with Crippen LogP contribution in [-0.4, -0.2) is 75.9 Å². The second kappa shape index (κ2) is 24.8. The van der Waals surface area contributed by atoms with Crippen LogP contribution in [0.1, 0.15) is 121 Å². The fourth-order valence-electron chi connectivity index (χ4n) is 6.06. The van der Waals surface area contributed by atoms with Crippen LogP contribution in [0.25, 0.3) is 5.52 Å². The van der Waals surface area contributed by atoms with Crippen molar-refractivity contribution in [2.75, 3.05) is 39.3 Å². The molecular formula is C39H61ClN5O8P. The quantitative estimate of drug-likeness (QED) is 0.0434. The lowest BCUT2D eigenvalue weighted by Gasteiger charge is -2.33. The summed E-state index contributed by atoms with van der Waals surface area (Å²) in [6.45, 7) is 3.73. The van der Waals surface area contributed by atoms with E-state index >= 15 is 0 Å². The van der Waals surface area contributed by atoms with Crippen molar-refractivity contribution in [2.45, 2.75) is 135 Å².